The fraction of sp³-hybridized carbons (Fsp3) is 0. The first-order valence-corrected chi connectivity index (χ1v) is 17.4. The summed E-state index contributed by atoms with van der Waals surface area (Å²) in [7, 11) is 0. The maximum absolute atomic E-state index is 2.49. The second-order valence-electron chi connectivity index (χ2n) is 13.7. The summed E-state index contributed by atoms with van der Waals surface area (Å²) in [6.07, 6.45) is 0. The highest BCUT2D eigenvalue weighted by atomic mass is 14.9. The molecule has 4 heterocycles. The SMILES string of the molecule is c1ccc(-c2ccc3c(c2)c2cc(-c4ccc5c(c4)c4cccc6c7ccccc7n5c64)cc4c5cc(-c6ccccc6)ccc5n3c24)cc1. The van der Waals surface area contributed by atoms with Crippen LogP contribution in [0.4, 0.5) is 0 Å². The number of rotatable bonds is 3. The first-order valence-electron chi connectivity index (χ1n) is 17.4. The molecule has 0 spiro atoms. The third kappa shape index (κ3) is 3.37. The predicted molar refractivity (Wildman–Crippen MR) is 212 cm³/mol. The molecule has 0 saturated heterocycles. The van der Waals surface area contributed by atoms with Gasteiger partial charge in [0.25, 0.3) is 0 Å². The summed E-state index contributed by atoms with van der Waals surface area (Å²) in [6.45, 7) is 0. The minimum atomic E-state index is 1.24. The molecule has 0 atom stereocenters. The van der Waals surface area contributed by atoms with Crippen LogP contribution >= 0.6 is 0 Å². The molecule has 0 fully saturated rings. The molecule has 0 unspecified atom stereocenters. The van der Waals surface area contributed by atoms with Gasteiger partial charge in [0.1, 0.15) is 0 Å². The molecule has 0 aliphatic carbocycles. The first kappa shape index (κ1) is 26.3. The van der Waals surface area contributed by atoms with E-state index in [9.17, 15) is 0 Å². The highest BCUT2D eigenvalue weighted by molar-refractivity contribution is 6.26. The zero-order valence-corrected chi connectivity index (χ0v) is 27.1. The number of nitrogens with zero attached hydrogens (tertiary/aromatic N) is 2. The highest BCUT2D eigenvalue weighted by Gasteiger charge is 2.21. The van der Waals surface area contributed by atoms with Gasteiger partial charge in [0, 0.05) is 43.1 Å². The van der Waals surface area contributed by atoms with E-state index in [1.807, 2.05) is 0 Å². The summed E-state index contributed by atoms with van der Waals surface area (Å²) in [5.41, 5.74) is 15.1. The van der Waals surface area contributed by atoms with Gasteiger partial charge in [0.15, 0.2) is 0 Å². The lowest BCUT2D eigenvalue weighted by Crippen LogP contribution is -1.83. The maximum atomic E-state index is 2.49. The van der Waals surface area contributed by atoms with Crippen LogP contribution in [0.3, 0.4) is 0 Å². The van der Waals surface area contributed by atoms with Crippen LogP contribution in [0.1, 0.15) is 0 Å². The Kier molecular flexibility index (Phi) is 5.00. The van der Waals surface area contributed by atoms with Crippen molar-refractivity contribution in [2.45, 2.75) is 0 Å². The zero-order chi connectivity index (χ0) is 32.5. The fourth-order valence-electron chi connectivity index (χ4n) is 8.95. The van der Waals surface area contributed by atoms with Gasteiger partial charge in [-0.3, -0.25) is 0 Å². The summed E-state index contributed by atoms with van der Waals surface area (Å²) in [5, 5.41) is 10.4. The molecule has 2 nitrogen and oxygen atoms in total. The van der Waals surface area contributed by atoms with Crippen molar-refractivity contribution < 1.29 is 0 Å². The molecule has 12 aromatic rings. The van der Waals surface area contributed by atoms with Gasteiger partial charge in [0.2, 0.25) is 0 Å². The molecule has 8 aromatic carbocycles. The predicted octanol–water partition coefficient (Wildman–Crippen LogP) is 13.0. The van der Waals surface area contributed by atoms with Crippen molar-refractivity contribution in [3.05, 3.63) is 170 Å². The van der Waals surface area contributed by atoms with E-state index >= 15 is 0 Å². The summed E-state index contributed by atoms with van der Waals surface area (Å²) < 4.78 is 4.95. The third-order valence-corrected chi connectivity index (χ3v) is 11.2. The maximum Gasteiger partial charge on any atom is 0.0620 e. The van der Waals surface area contributed by atoms with Gasteiger partial charge >= 0.3 is 0 Å². The molecule has 12 rings (SSSR count). The molecule has 2 heteroatoms. The lowest BCUT2D eigenvalue weighted by atomic mass is 9.96. The summed E-state index contributed by atoms with van der Waals surface area (Å²) in [6, 6.07) is 62.9. The lowest BCUT2D eigenvalue weighted by molar-refractivity contribution is 1.37. The van der Waals surface area contributed by atoms with Crippen LogP contribution in [0.2, 0.25) is 0 Å². The summed E-state index contributed by atoms with van der Waals surface area (Å²) in [5.74, 6) is 0. The van der Waals surface area contributed by atoms with Crippen molar-refractivity contribution in [2.24, 2.45) is 0 Å². The van der Waals surface area contributed by atoms with Crippen LogP contribution in [-0.4, -0.2) is 8.80 Å². The van der Waals surface area contributed by atoms with Gasteiger partial charge in [-0.05, 0) is 88.0 Å². The Bertz CT molecular complexity index is 3160. The quantitative estimate of drug-likeness (QED) is 0.183. The Labute approximate surface area is 287 Å². The number of benzene rings is 8. The third-order valence-electron chi connectivity index (χ3n) is 11.2. The van der Waals surface area contributed by atoms with E-state index in [2.05, 4.69) is 179 Å². The molecule has 0 aliphatic heterocycles. The minimum Gasteiger partial charge on any atom is -0.308 e. The van der Waals surface area contributed by atoms with E-state index in [1.54, 1.807) is 0 Å². The fourth-order valence-corrected chi connectivity index (χ4v) is 8.95. The minimum absolute atomic E-state index is 1.24. The Hall–Kier alpha value is -6.64. The van der Waals surface area contributed by atoms with Crippen molar-refractivity contribution in [3.63, 3.8) is 0 Å². The second kappa shape index (κ2) is 9.49. The number of aromatic nitrogens is 2. The van der Waals surface area contributed by atoms with Gasteiger partial charge in [-0.25, -0.2) is 0 Å². The average Bonchev–Trinajstić information content (AvgIpc) is 3.91. The van der Waals surface area contributed by atoms with E-state index in [1.165, 1.54) is 110 Å². The van der Waals surface area contributed by atoms with E-state index < -0.39 is 0 Å². The summed E-state index contributed by atoms with van der Waals surface area (Å²) in [4.78, 5) is 0. The van der Waals surface area contributed by atoms with Crippen LogP contribution in [0.15, 0.2) is 170 Å². The average molecular weight is 633 g/mol. The van der Waals surface area contributed by atoms with Crippen LogP contribution in [0.5, 0.6) is 0 Å². The largest absolute Gasteiger partial charge is 0.308 e. The molecule has 230 valence electrons. The number of fused-ring (bicyclic) bond motifs is 12. The van der Waals surface area contributed by atoms with Gasteiger partial charge in [-0.2, -0.15) is 0 Å². The van der Waals surface area contributed by atoms with E-state index in [0.717, 1.165) is 0 Å². The van der Waals surface area contributed by atoms with Crippen molar-refractivity contribution in [2.75, 3.05) is 0 Å². The van der Waals surface area contributed by atoms with Crippen LogP contribution in [0.25, 0.3) is 110 Å². The molecule has 4 aromatic heterocycles. The molecule has 0 saturated carbocycles. The Morgan fingerprint density at radius 3 is 1.16 bits per heavy atom. The smallest absolute Gasteiger partial charge is 0.0620 e. The molecular formula is C48H28N2. The van der Waals surface area contributed by atoms with Gasteiger partial charge in [-0.15, -0.1) is 0 Å². The van der Waals surface area contributed by atoms with Crippen LogP contribution in [-0.2, 0) is 0 Å². The van der Waals surface area contributed by atoms with Crippen molar-refractivity contribution in [1.82, 2.24) is 8.80 Å². The van der Waals surface area contributed by atoms with Crippen molar-refractivity contribution in [3.8, 4) is 33.4 Å². The van der Waals surface area contributed by atoms with Crippen molar-refractivity contribution in [1.29, 1.82) is 0 Å². The number of para-hydroxylation sites is 2. The molecule has 0 radical (unpaired) electrons. The normalized spacial score (nSPS) is 12.4. The van der Waals surface area contributed by atoms with Gasteiger partial charge in [-0.1, -0.05) is 115 Å². The first-order chi connectivity index (χ1) is 24.8. The van der Waals surface area contributed by atoms with E-state index in [4.69, 9.17) is 0 Å². The van der Waals surface area contributed by atoms with Crippen molar-refractivity contribution >= 4 is 76.2 Å². The van der Waals surface area contributed by atoms with Crippen LogP contribution in [0, 0.1) is 0 Å². The standard InChI is InChI=1S/C48H28N2/c1-3-10-29(11-4-1)31-18-21-45-39(24-31)41-27-34(28-42-40-25-32(30-12-5-2-6-13-30)19-22-46(40)50(45)48(41)42)33-20-23-44-38(26-33)37-16-9-15-36-35-14-7-8-17-43(35)49(44)47(36)37/h1-28H. The second-order valence-corrected chi connectivity index (χ2v) is 13.7. The molecule has 0 aliphatic rings. The van der Waals surface area contributed by atoms with Crippen LogP contribution < -0.4 is 0 Å². The Balaban J connectivity index is 1.17. The summed E-state index contributed by atoms with van der Waals surface area (Å²) >= 11 is 0. The monoisotopic (exact) mass is 632 g/mol. The lowest BCUT2D eigenvalue weighted by Gasteiger charge is -2.07. The molecule has 50 heavy (non-hydrogen) atoms. The number of hydrogen-bond acceptors (Lipinski definition) is 0. The Morgan fingerprint density at radius 2 is 0.600 bits per heavy atom. The number of hydrogen-bond donors (Lipinski definition) is 0. The molecular weight excluding hydrogens is 605 g/mol. The molecule has 0 bridgehead atoms. The van der Waals surface area contributed by atoms with E-state index in [-0.39, 0.29) is 0 Å². The zero-order valence-electron chi connectivity index (χ0n) is 27.1. The topological polar surface area (TPSA) is 8.82 Å². The Morgan fingerprint density at radius 1 is 0.220 bits per heavy atom. The van der Waals surface area contributed by atoms with Gasteiger partial charge < -0.3 is 8.80 Å². The molecule has 0 N–H and O–H groups in total. The van der Waals surface area contributed by atoms with E-state index in [0.29, 0.717) is 0 Å². The highest BCUT2D eigenvalue weighted by Crippen LogP contribution is 2.45. The molecule has 0 amide bonds. The van der Waals surface area contributed by atoms with Gasteiger partial charge in [0.05, 0.1) is 33.1 Å².